The summed E-state index contributed by atoms with van der Waals surface area (Å²) in [5, 5.41) is 4.76. The highest BCUT2D eigenvalue weighted by atomic mass is 19.1. The number of Topliss-reactive ketones (excluding diaryl/α,β-unsaturated/α-hetero) is 1. The summed E-state index contributed by atoms with van der Waals surface area (Å²) >= 11 is 0. The van der Waals surface area contributed by atoms with Gasteiger partial charge in [0.05, 0.1) is 6.04 Å². The lowest BCUT2D eigenvalue weighted by Crippen LogP contribution is -2.40. The molecule has 7 nitrogen and oxygen atoms in total. The van der Waals surface area contributed by atoms with Crippen molar-refractivity contribution in [3.63, 3.8) is 0 Å². The van der Waals surface area contributed by atoms with Gasteiger partial charge in [-0.2, -0.15) is 0 Å². The molecular weight excluding hydrogens is 533 g/mol. The Morgan fingerprint density at radius 3 is 2.45 bits per heavy atom. The Bertz CT molecular complexity index is 1630. The molecule has 1 aromatic heterocycles. The van der Waals surface area contributed by atoms with Crippen LogP contribution in [0.1, 0.15) is 52.9 Å². The second-order valence-electron chi connectivity index (χ2n) is 11.1. The minimum Gasteiger partial charge on any atom is -0.486 e. The molecule has 0 bridgehead atoms. The van der Waals surface area contributed by atoms with Gasteiger partial charge in [-0.1, -0.05) is 19.1 Å². The van der Waals surface area contributed by atoms with Crippen molar-refractivity contribution in [3.8, 4) is 11.5 Å². The van der Waals surface area contributed by atoms with Gasteiger partial charge in [-0.05, 0) is 103 Å². The van der Waals surface area contributed by atoms with Crippen LogP contribution >= 0.6 is 0 Å². The van der Waals surface area contributed by atoms with E-state index in [1.54, 1.807) is 12.1 Å². The van der Waals surface area contributed by atoms with Crippen LogP contribution in [0, 0.1) is 11.7 Å². The standard InChI is InChI=1S/C34H36FN3O4/c1-2-22-19-27-20-25(5-9-29(27)37-34(22)40)32(26-6-10-30-31(21-26)42-18-17-41-30)36-13-16-38-14-11-24(12-15-38)33(39)23-3-7-28(35)8-4-23/h3-10,19-21,24,32,36H,2,11-18H2,1H3,(H,37,40). The topological polar surface area (TPSA) is 83.7 Å². The highest BCUT2D eigenvalue weighted by molar-refractivity contribution is 5.97. The third-order valence-electron chi connectivity index (χ3n) is 8.42. The fourth-order valence-electron chi connectivity index (χ4n) is 6.02. The number of hydrogen-bond donors (Lipinski definition) is 2. The number of pyridine rings is 1. The normalized spacial score (nSPS) is 16.4. The first-order valence-corrected chi connectivity index (χ1v) is 14.8. The molecule has 2 aliphatic rings. The van der Waals surface area contributed by atoms with Gasteiger partial charge in [0.1, 0.15) is 19.0 Å². The van der Waals surface area contributed by atoms with Gasteiger partial charge in [-0.3, -0.25) is 9.59 Å². The minimum absolute atomic E-state index is 0.0258. The fourth-order valence-corrected chi connectivity index (χ4v) is 6.02. The molecule has 0 amide bonds. The van der Waals surface area contributed by atoms with Crippen molar-refractivity contribution in [2.75, 3.05) is 39.4 Å². The average Bonchev–Trinajstić information content (AvgIpc) is 3.03. The Balaban J connectivity index is 1.16. The van der Waals surface area contributed by atoms with Crippen LogP contribution in [0.2, 0.25) is 0 Å². The zero-order valence-electron chi connectivity index (χ0n) is 23.8. The van der Waals surface area contributed by atoms with Gasteiger partial charge in [0, 0.05) is 35.7 Å². The Hall–Kier alpha value is -4.01. The Kier molecular flexibility index (Phi) is 8.35. The quantitative estimate of drug-likeness (QED) is 0.267. The lowest BCUT2D eigenvalue weighted by molar-refractivity contribution is 0.0840. The van der Waals surface area contributed by atoms with Gasteiger partial charge >= 0.3 is 0 Å². The average molecular weight is 570 g/mol. The number of aromatic amines is 1. The molecule has 1 atom stereocenters. The van der Waals surface area contributed by atoms with E-state index in [-0.39, 0.29) is 29.1 Å². The Labute approximate surface area is 244 Å². The van der Waals surface area contributed by atoms with Crippen LogP contribution in [0.3, 0.4) is 0 Å². The number of aryl methyl sites for hydroxylation is 1. The van der Waals surface area contributed by atoms with E-state index >= 15 is 0 Å². The van der Waals surface area contributed by atoms with Gasteiger partial charge in [-0.15, -0.1) is 0 Å². The summed E-state index contributed by atoms with van der Waals surface area (Å²) in [6, 6.07) is 20.0. The maximum Gasteiger partial charge on any atom is 0.251 e. The number of benzene rings is 3. The number of piperidine rings is 1. The van der Waals surface area contributed by atoms with Crippen LogP contribution in [0.4, 0.5) is 4.39 Å². The van der Waals surface area contributed by atoms with Crippen molar-refractivity contribution in [3.05, 3.63) is 105 Å². The van der Waals surface area contributed by atoms with Gasteiger partial charge < -0.3 is 24.7 Å². The van der Waals surface area contributed by atoms with Crippen molar-refractivity contribution in [2.45, 2.75) is 32.2 Å². The largest absolute Gasteiger partial charge is 0.486 e. The molecule has 218 valence electrons. The summed E-state index contributed by atoms with van der Waals surface area (Å²) in [6.45, 7) is 6.34. The predicted molar refractivity (Wildman–Crippen MR) is 161 cm³/mol. The second-order valence-corrected chi connectivity index (χ2v) is 11.1. The summed E-state index contributed by atoms with van der Waals surface area (Å²) in [5.74, 6) is 1.26. The number of ketones is 1. The first-order chi connectivity index (χ1) is 20.5. The van der Waals surface area contributed by atoms with Crippen molar-refractivity contribution in [2.24, 2.45) is 5.92 Å². The molecule has 0 radical (unpaired) electrons. The zero-order chi connectivity index (χ0) is 29.1. The van der Waals surface area contributed by atoms with Gasteiger partial charge in [-0.25, -0.2) is 4.39 Å². The molecule has 8 heteroatoms. The van der Waals surface area contributed by atoms with E-state index < -0.39 is 0 Å². The molecule has 0 spiro atoms. The third-order valence-corrected chi connectivity index (χ3v) is 8.42. The molecule has 1 saturated heterocycles. The molecule has 1 unspecified atom stereocenters. The van der Waals surface area contributed by atoms with Crippen molar-refractivity contribution < 1.29 is 18.7 Å². The summed E-state index contributed by atoms with van der Waals surface area (Å²) in [4.78, 5) is 30.6. The van der Waals surface area contributed by atoms with Crippen molar-refractivity contribution >= 4 is 16.7 Å². The molecule has 42 heavy (non-hydrogen) atoms. The molecule has 0 saturated carbocycles. The predicted octanol–water partition coefficient (Wildman–Crippen LogP) is 5.27. The van der Waals surface area contributed by atoms with Crippen LogP contribution in [0.15, 0.2) is 71.5 Å². The zero-order valence-corrected chi connectivity index (χ0v) is 23.8. The molecule has 3 aromatic carbocycles. The number of rotatable bonds is 9. The van der Waals surface area contributed by atoms with Crippen LogP contribution in [0.5, 0.6) is 11.5 Å². The van der Waals surface area contributed by atoms with E-state index in [1.165, 1.54) is 12.1 Å². The fraction of sp³-hybridized carbons (Fsp3) is 0.353. The van der Waals surface area contributed by atoms with Crippen LogP contribution in [-0.2, 0) is 6.42 Å². The van der Waals surface area contributed by atoms with E-state index in [0.29, 0.717) is 25.2 Å². The number of carbonyl (C=O) groups is 1. The van der Waals surface area contributed by atoms with Crippen LogP contribution in [0.25, 0.3) is 10.9 Å². The second kappa shape index (κ2) is 12.5. The lowest BCUT2D eigenvalue weighted by atomic mass is 9.89. The molecule has 1 fully saturated rings. The molecule has 2 aliphatic heterocycles. The van der Waals surface area contributed by atoms with Gasteiger partial charge in [0.25, 0.3) is 5.56 Å². The number of nitrogens with zero attached hydrogens (tertiary/aromatic N) is 1. The highest BCUT2D eigenvalue weighted by Gasteiger charge is 2.26. The number of fused-ring (bicyclic) bond motifs is 2. The molecule has 2 N–H and O–H groups in total. The van der Waals surface area contributed by atoms with E-state index in [0.717, 1.165) is 78.1 Å². The molecule has 0 aliphatic carbocycles. The van der Waals surface area contributed by atoms with Gasteiger partial charge in [0.15, 0.2) is 17.3 Å². The number of likely N-dealkylation sites (tertiary alicyclic amines) is 1. The van der Waals surface area contributed by atoms with E-state index in [9.17, 15) is 14.0 Å². The van der Waals surface area contributed by atoms with Gasteiger partial charge in [0.2, 0.25) is 0 Å². The van der Waals surface area contributed by atoms with E-state index in [1.807, 2.05) is 31.2 Å². The van der Waals surface area contributed by atoms with E-state index in [2.05, 4.69) is 33.4 Å². The summed E-state index contributed by atoms with van der Waals surface area (Å²) in [7, 11) is 0. The number of halogens is 1. The first-order valence-electron chi connectivity index (χ1n) is 14.8. The first kappa shape index (κ1) is 28.1. The summed E-state index contributed by atoms with van der Waals surface area (Å²) < 4.78 is 24.9. The minimum atomic E-state index is -0.326. The lowest BCUT2D eigenvalue weighted by Gasteiger charge is -2.32. The third kappa shape index (κ3) is 6.10. The number of aromatic nitrogens is 1. The summed E-state index contributed by atoms with van der Waals surface area (Å²) in [5.41, 5.74) is 4.30. The Morgan fingerprint density at radius 1 is 0.976 bits per heavy atom. The van der Waals surface area contributed by atoms with Crippen LogP contribution < -0.4 is 20.3 Å². The van der Waals surface area contributed by atoms with Crippen molar-refractivity contribution in [1.82, 2.24) is 15.2 Å². The Morgan fingerprint density at radius 2 is 1.69 bits per heavy atom. The molecule has 4 aromatic rings. The SMILES string of the molecule is CCc1cc2cc(C(NCCN3CCC(C(=O)c4ccc(F)cc4)CC3)c3ccc4c(c3)OCCO4)ccc2[nH]c1=O. The number of ether oxygens (including phenoxy) is 2. The number of nitrogens with one attached hydrogen (secondary N) is 2. The number of H-pyrrole nitrogens is 1. The number of hydrogen-bond acceptors (Lipinski definition) is 6. The molecule has 3 heterocycles. The maximum absolute atomic E-state index is 13.3. The molecule has 6 rings (SSSR count). The summed E-state index contributed by atoms with van der Waals surface area (Å²) in [6.07, 6.45) is 2.26. The van der Waals surface area contributed by atoms with Crippen molar-refractivity contribution in [1.29, 1.82) is 0 Å². The maximum atomic E-state index is 13.3. The molecular formula is C34H36FN3O4. The number of carbonyl (C=O) groups excluding carboxylic acids is 1. The monoisotopic (exact) mass is 569 g/mol. The smallest absolute Gasteiger partial charge is 0.251 e. The van der Waals surface area contributed by atoms with E-state index in [4.69, 9.17) is 9.47 Å². The highest BCUT2D eigenvalue weighted by Crippen LogP contribution is 2.35. The van der Waals surface area contributed by atoms with Crippen LogP contribution in [-0.4, -0.2) is 55.1 Å².